The van der Waals surface area contributed by atoms with E-state index in [0.29, 0.717) is 12.1 Å². The summed E-state index contributed by atoms with van der Waals surface area (Å²) in [7, 11) is 1.69. The molecule has 5 nitrogen and oxygen atoms in total. The normalized spacial score (nSPS) is 20.4. The van der Waals surface area contributed by atoms with Crippen LogP contribution in [0.3, 0.4) is 0 Å². The number of methoxy groups -OCH3 is 1. The van der Waals surface area contributed by atoms with Crippen molar-refractivity contribution in [3.8, 4) is 11.5 Å². The van der Waals surface area contributed by atoms with Crippen LogP contribution in [0.1, 0.15) is 23.2 Å². The van der Waals surface area contributed by atoms with Crippen molar-refractivity contribution >= 4 is 5.78 Å². The van der Waals surface area contributed by atoms with Crippen molar-refractivity contribution in [2.45, 2.75) is 18.9 Å². The summed E-state index contributed by atoms with van der Waals surface area (Å²) in [4.78, 5) is 14.2. The number of Topliss-reactive ketones (excluding diaryl/α,β-unsaturated/α-hetero) is 1. The molecule has 1 aromatic rings. The Bertz CT molecular complexity index is 461. The Morgan fingerprint density at radius 1 is 1.42 bits per heavy atom. The molecule has 1 aliphatic heterocycles. The van der Waals surface area contributed by atoms with Crippen LogP contribution in [0.25, 0.3) is 0 Å². The molecule has 1 saturated heterocycles. The molecule has 19 heavy (non-hydrogen) atoms. The van der Waals surface area contributed by atoms with Crippen LogP contribution in [0.5, 0.6) is 11.5 Å². The number of rotatable bonds is 4. The Labute approximate surface area is 112 Å². The van der Waals surface area contributed by atoms with Gasteiger partial charge in [-0.25, -0.2) is 0 Å². The summed E-state index contributed by atoms with van der Waals surface area (Å²) >= 11 is 0. The number of hydrogen-bond donors (Lipinski definition) is 2. The van der Waals surface area contributed by atoms with E-state index in [4.69, 9.17) is 4.74 Å². The molecule has 0 aliphatic carbocycles. The van der Waals surface area contributed by atoms with Gasteiger partial charge < -0.3 is 14.9 Å². The highest BCUT2D eigenvalue weighted by Crippen LogP contribution is 2.25. The van der Waals surface area contributed by atoms with Gasteiger partial charge in [-0.05, 0) is 37.6 Å². The van der Waals surface area contributed by atoms with Crippen LogP contribution in [0, 0.1) is 0 Å². The van der Waals surface area contributed by atoms with E-state index in [0.717, 1.165) is 25.9 Å². The minimum absolute atomic E-state index is 0.0629. The Morgan fingerprint density at radius 3 is 2.89 bits per heavy atom. The van der Waals surface area contributed by atoms with Crippen LogP contribution in [0.15, 0.2) is 18.2 Å². The molecule has 0 amide bonds. The number of likely N-dealkylation sites (tertiary alicyclic amines) is 1. The fourth-order valence-electron chi connectivity index (χ4n) is 2.34. The highest BCUT2D eigenvalue weighted by atomic mass is 16.5. The molecule has 0 spiro atoms. The van der Waals surface area contributed by atoms with E-state index in [1.54, 1.807) is 7.11 Å². The Hall–Kier alpha value is -1.59. The average molecular weight is 265 g/mol. The number of nitrogens with zero attached hydrogens (tertiary/aromatic N) is 1. The average Bonchev–Trinajstić information content (AvgIpc) is 2.42. The molecule has 0 aromatic heterocycles. The molecule has 2 N–H and O–H groups in total. The quantitative estimate of drug-likeness (QED) is 0.636. The first-order valence-corrected chi connectivity index (χ1v) is 6.40. The number of hydrogen-bond acceptors (Lipinski definition) is 5. The number of aromatic hydroxyl groups is 2. The smallest absolute Gasteiger partial charge is 0.176 e. The van der Waals surface area contributed by atoms with E-state index in [-0.39, 0.29) is 23.4 Å². The molecule has 1 atom stereocenters. The predicted molar refractivity (Wildman–Crippen MR) is 70.6 cm³/mol. The Balaban J connectivity index is 1.98. The van der Waals surface area contributed by atoms with Crippen LogP contribution in [-0.4, -0.2) is 53.7 Å². The van der Waals surface area contributed by atoms with Gasteiger partial charge in [0, 0.05) is 19.2 Å². The van der Waals surface area contributed by atoms with Gasteiger partial charge in [0.25, 0.3) is 0 Å². The van der Waals surface area contributed by atoms with E-state index in [2.05, 4.69) is 4.90 Å². The molecule has 1 aliphatic rings. The largest absolute Gasteiger partial charge is 0.504 e. The maximum absolute atomic E-state index is 12.1. The first-order valence-electron chi connectivity index (χ1n) is 6.40. The molecular weight excluding hydrogens is 246 g/mol. The number of ether oxygens (including phenoxy) is 1. The molecular formula is C14H19NO4. The third-order valence-corrected chi connectivity index (χ3v) is 3.46. The van der Waals surface area contributed by atoms with Gasteiger partial charge >= 0.3 is 0 Å². The zero-order valence-electron chi connectivity index (χ0n) is 11.0. The van der Waals surface area contributed by atoms with Gasteiger partial charge in [-0.1, -0.05) is 0 Å². The molecule has 2 rings (SSSR count). The van der Waals surface area contributed by atoms with Crippen LogP contribution in [0.2, 0.25) is 0 Å². The van der Waals surface area contributed by atoms with Gasteiger partial charge in [-0.3, -0.25) is 9.69 Å². The van der Waals surface area contributed by atoms with E-state index in [9.17, 15) is 15.0 Å². The first-order chi connectivity index (χ1) is 9.10. The van der Waals surface area contributed by atoms with Crippen molar-refractivity contribution in [1.29, 1.82) is 0 Å². The second kappa shape index (κ2) is 6.04. The zero-order valence-corrected chi connectivity index (χ0v) is 11.0. The maximum Gasteiger partial charge on any atom is 0.176 e. The fraction of sp³-hybridized carbons (Fsp3) is 0.500. The van der Waals surface area contributed by atoms with Crippen molar-refractivity contribution in [2.24, 2.45) is 0 Å². The summed E-state index contributed by atoms with van der Waals surface area (Å²) < 4.78 is 5.32. The summed E-state index contributed by atoms with van der Waals surface area (Å²) in [6, 6.07) is 4.15. The van der Waals surface area contributed by atoms with Crippen molar-refractivity contribution in [2.75, 3.05) is 26.7 Å². The third kappa shape index (κ3) is 3.45. The van der Waals surface area contributed by atoms with Crippen LogP contribution in [-0.2, 0) is 4.74 Å². The predicted octanol–water partition coefficient (Wildman–Crippen LogP) is 1.39. The Kier molecular flexibility index (Phi) is 4.39. The van der Waals surface area contributed by atoms with Crippen LogP contribution < -0.4 is 0 Å². The fourth-order valence-corrected chi connectivity index (χ4v) is 2.34. The van der Waals surface area contributed by atoms with Gasteiger partial charge in [0.2, 0.25) is 0 Å². The highest BCUT2D eigenvalue weighted by Gasteiger charge is 2.21. The van der Waals surface area contributed by atoms with Crippen molar-refractivity contribution in [3.05, 3.63) is 23.8 Å². The minimum atomic E-state index is -0.265. The van der Waals surface area contributed by atoms with Gasteiger partial charge in [0.15, 0.2) is 17.3 Å². The summed E-state index contributed by atoms with van der Waals surface area (Å²) in [6.45, 7) is 1.95. The van der Waals surface area contributed by atoms with Crippen LogP contribution in [0.4, 0.5) is 0 Å². The first kappa shape index (κ1) is 13.8. The lowest BCUT2D eigenvalue weighted by molar-refractivity contribution is 0.0314. The van der Waals surface area contributed by atoms with E-state index in [1.165, 1.54) is 18.2 Å². The number of phenolic OH excluding ortho intramolecular Hbond substituents is 2. The minimum Gasteiger partial charge on any atom is -0.504 e. The summed E-state index contributed by atoms with van der Waals surface area (Å²) in [5.74, 6) is -0.541. The number of phenols is 2. The Morgan fingerprint density at radius 2 is 2.21 bits per heavy atom. The lowest BCUT2D eigenvalue weighted by Crippen LogP contribution is -2.41. The maximum atomic E-state index is 12.1. The van der Waals surface area contributed by atoms with Crippen molar-refractivity contribution < 1.29 is 19.7 Å². The van der Waals surface area contributed by atoms with E-state index < -0.39 is 0 Å². The van der Waals surface area contributed by atoms with Gasteiger partial charge in [0.1, 0.15) is 0 Å². The second-order valence-corrected chi connectivity index (χ2v) is 4.86. The number of carbonyl (C=O) groups excluding carboxylic acids is 1. The lowest BCUT2D eigenvalue weighted by Gasteiger charge is -2.31. The highest BCUT2D eigenvalue weighted by molar-refractivity contribution is 5.98. The standard InChI is InChI=1S/C14H19NO4/c1-19-11-3-2-6-15(8-11)9-14(18)10-4-5-12(16)13(17)7-10/h4-5,7,11,16-17H,2-3,6,8-9H2,1H3. The number of ketones is 1. The molecule has 0 saturated carbocycles. The van der Waals surface area contributed by atoms with Gasteiger partial charge in [-0.15, -0.1) is 0 Å². The van der Waals surface area contributed by atoms with Gasteiger partial charge in [0.05, 0.1) is 12.6 Å². The molecule has 1 unspecified atom stereocenters. The molecule has 0 radical (unpaired) electrons. The molecule has 5 heteroatoms. The summed E-state index contributed by atoms with van der Waals surface area (Å²) in [5, 5.41) is 18.6. The lowest BCUT2D eigenvalue weighted by atomic mass is 10.1. The molecule has 104 valence electrons. The second-order valence-electron chi connectivity index (χ2n) is 4.86. The van der Waals surface area contributed by atoms with E-state index in [1.807, 2.05) is 0 Å². The number of piperidine rings is 1. The molecule has 1 aromatic carbocycles. The monoisotopic (exact) mass is 265 g/mol. The van der Waals surface area contributed by atoms with Crippen molar-refractivity contribution in [3.63, 3.8) is 0 Å². The van der Waals surface area contributed by atoms with Gasteiger partial charge in [-0.2, -0.15) is 0 Å². The molecule has 1 fully saturated rings. The SMILES string of the molecule is COC1CCCN(CC(=O)c2ccc(O)c(O)c2)C1. The summed E-state index contributed by atoms with van der Waals surface area (Å²) in [5.41, 5.74) is 0.412. The van der Waals surface area contributed by atoms with Crippen molar-refractivity contribution in [1.82, 2.24) is 4.90 Å². The van der Waals surface area contributed by atoms with E-state index >= 15 is 0 Å². The zero-order chi connectivity index (χ0) is 13.8. The summed E-state index contributed by atoms with van der Waals surface area (Å²) in [6.07, 6.45) is 2.24. The third-order valence-electron chi connectivity index (χ3n) is 3.46. The number of benzene rings is 1. The van der Waals surface area contributed by atoms with Crippen LogP contribution >= 0.6 is 0 Å². The molecule has 1 heterocycles. The molecule has 0 bridgehead atoms. The topological polar surface area (TPSA) is 70.0 Å². The number of carbonyl (C=O) groups is 1.